The van der Waals surface area contributed by atoms with Crippen LogP contribution in [0.3, 0.4) is 0 Å². The van der Waals surface area contributed by atoms with Crippen LogP contribution in [0, 0.1) is 28.5 Å². The molecule has 0 radical (unpaired) electrons. The first-order chi connectivity index (χ1) is 10.7. The van der Waals surface area contributed by atoms with E-state index in [0.717, 1.165) is 6.07 Å². The van der Waals surface area contributed by atoms with Crippen molar-refractivity contribution in [3.63, 3.8) is 0 Å². The fraction of sp³-hybridized carbons (Fsp3) is 0.529. The Balaban J connectivity index is 2.51. The topological polar surface area (TPSA) is 85.2 Å². The average Bonchev–Trinajstić information content (AvgIpc) is 2.50. The summed E-state index contributed by atoms with van der Waals surface area (Å²) in [6, 6.07) is 5.53. The molecule has 1 unspecified atom stereocenters. The van der Waals surface area contributed by atoms with Gasteiger partial charge >= 0.3 is 6.03 Å². The lowest BCUT2D eigenvalue weighted by molar-refractivity contribution is 0.0151. The molecule has 23 heavy (non-hydrogen) atoms. The fourth-order valence-electron chi connectivity index (χ4n) is 2.31. The van der Waals surface area contributed by atoms with Gasteiger partial charge in [-0.15, -0.1) is 0 Å². The largest absolute Gasteiger partial charge is 0.392 e. The van der Waals surface area contributed by atoms with Gasteiger partial charge in [-0.3, -0.25) is 0 Å². The lowest BCUT2D eigenvalue weighted by Crippen LogP contribution is -2.46. The SMILES string of the molecule is CC(C)C(O)C(C)(C)CNC(=O)NCc1ccc(C#N)cc1F. The normalized spacial score (nSPS) is 12.6. The summed E-state index contributed by atoms with van der Waals surface area (Å²) in [6.07, 6.45) is -0.543. The smallest absolute Gasteiger partial charge is 0.315 e. The molecule has 0 aromatic heterocycles. The molecule has 2 amide bonds. The van der Waals surface area contributed by atoms with E-state index >= 15 is 0 Å². The summed E-state index contributed by atoms with van der Waals surface area (Å²) >= 11 is 0. The summed E-state index contributed by atoms with van der Waals surface area (Å²) in [5.74, 6) is -0.442. The third kappa shape index (κ3) is 5.53. The molecule has 0 fully saturated rings. The lowest BCUT2D eigenvalue weighted by Gasteiger charge is -2.33. The van der Waals surface area contributed by atoms with E-state index < -0.39 is 23.4 Å². The molecule has 0 bridgehead atoms. The van der Waals surface area contributed by atoms with Crippen molar-refractivity contribution in [2.24, 2.45) is 11.3 Å². The molecule has 0 heterocycles. The number of urea groups is 1. The van der Waals surface area contributed by atoms with Crippen molar-refractivity contribution < 1.29 is 14.3 Å². The molecule has 0 aliphatic rings. The molecule has 0 aliphatic carbocycles. The monoisotopic (exact) mass is 321 g/mol. The van der Waals surface area contributed by atoms with Crippen molar-refractivity contribution in [1.82, 2.24) is 10.6 Å². The molecule has 1 aromatic carbocycles. The molecule has 3 N–H and O–H groups in total. The number of rotatable bonds is 6. The molecular weight excluding hydrogens is 297 g/mol. The van der Waals surface area contributed by atoms with E-state index in [2.05, 4.69) is 10.6 Å². The van der Waals surface area contributed by atoms with Gasteiger partial charge in [0.1, 0.15) is 5.82 Å². The first kappa shape index (κ1) is 18.9. The highest BCUT2D eigenvalue weighted by Crippen LogP contribution is 2.24. The van der Waals surface area contributed by atoms with Crippen molar-refractivity contribution in [2.45, 2.75) is 40.3 Å². The number of nitrogens with one attached hydrogen (secondary N) is 2. The summed E-state index contributed by atoms with van der Waals surface area (Å²) in [7, 11) is 0. The van der Waals surface area contributed by atoms with Crippen LogP contribution in [0.5, 0.6) is 0 Å². The number of halogens is 1. The van der Waals surface area contributed by atoms with Gasteiger partial charge in [0.2, 0.25) is 0 Å². The van der Waals surface area contributed by atoms with Crippen LogP contribution in [0.25, 0.3) is 0 Å². The zero-order valence-electron chi connectivity index (χ0n) is 14.0. The van der Waals surface area contributed by atoms with Crippen molar-refractivity contribution in [1.29, 1.82) is 5.26 Å². The van der Waals surface area contributed by atoms with E-state index in [-0.39, 0.29) is 18.0 Å². The molecule has 1 atom stereocenters. The minimum absolute atomic E-state index is 0.0243. The van der Waals surface area contributed by atoms with Gasteiger partial charge in [-0.2, -0.15) is 5.26 Å². The summed E-state index contributed by atoms with van der Waals surface area (Å²) in [4.78, 5) is 11.8. The molecule has 0 saturated carbocycles. The molecule has 0 saturated heterocycles. The number of carbonyl (C=O) groups excluding carboxylic acids is 1. The predicted molar refractivity (Wildman–Crippen MR) is 86.0 cm³/mol. The van der Waals surface area contributed by atoms with Gasteiger partial charge in [0, 0.05) is 24.1 Å². The number of aliphatic hydroxyl groups is 1. The van der Waals surface area contributed by atoms with Gasteiger partial charge in [-0.05, 0) is 18.1 Å². The van der Waals surface area contributed by atoms with Gasteiger partial charge in [-0.25, -0.2) is 9.18 Å². The molecule has 1 rings (SSSR count). The number of benzene rings is 1. The summed E-state index contributed by atoms with van der Waals surface area (Å²) < 4.78 is 13.7. The molecule has 1 aromatic rings. The zero-order chi connectivity index (χ0) is 17.6. The van der Waals surface area contributed by atoms with Crippen LogP contribution in [0.15, 0.2) is 18.2 Å². The highest BCUT2D eigenvalue weighted by atomic mass is 19.1. The third-order valence-electron chi connectivity index (χ3n) is 3.76. The molecule has 5 nitrogen and oxygen atoms in total. The fourth-order valence-corrected chi connectivity index (χ4v) is 2.31. The molecule has 0 aliphatic heterocycles. The zero-order valence-corrected chi connectivity index (χ0v) is 14.0. The van der Waals surface area contributed by atoms with E-state index in [1.54, 1.807) is 0 Å². The van der Waals surface area contributed by atoms with E-state index in [4.69, 9.17) is 5.26 Å². The standard InChI is InChI=1S/C17H24FN3O2/c1-11(2)15(22)17(3,4)10-21-16(23)20-9-13-6-5-12(8-19)7-14(13)18/h5-7,11,15,22H,9-10H2,1-4H3,(H2,20,21,23). The third-order valence-corrected chi connectivity index (χ3v) is 3.76. The Kier molecular flexibility index (Phi) is 6.52. The lowest BCUT2D eigenvalue weighted by atomic mass is 9.81. The van der Waals surface area contributed by atoms with Gasteiger partial charge in [0.15, 0.2) is 0 Å². The van der Waals surface area contributed by atoms with Crippen molar-refractivity contribution in [2.75, 3.05) is 6.54 Å². The Morgan fingerprint density at radius 3 is 2.57 bits per heavy atom. The second-order valence-electron chi connectivity index (χ2n) is 6.63. The van der Waals surface area contributed by atoms with Crippen LogP contribution >= 0.6 is 0 Å². The molecular formula is C17H24FN3O2. The number of hydrogen-bond donors (Lipinski definition) is 3. The van der Waals surface area contributed by atoms with Gasteiger partial charge in [-0.1, -0.05) is 33.8 Å². The molecule has 126 valence electrons. The Labute approximate surface area is 136 Å². The Hall–Kier alpha value is -2.13. The van der Waals surface area contributed by atoms with Gasteiger partial charge < -0.3 is 15.7 Å². The van der Waals surface area contributed by atoms with E-state index in [0.29, 0.717) is 12.1 Å². The van der Waals surface area contributed by atoms with Gasteiger partial charge in [0.05, 0.1) is 17.7 Å². The summed E-state index contributed by atoms with van der Waals surface area (Å²) in [6.45, 7) is 7.90. The number of nitriles is 1. The number of amides is 2. The number of nitrogens with zero attached hydrogens (tertiary/aromatic N) is 1. The summed E-state index contributed by atoms with van der Waals surface area (Å²) in [5, 5.41) is 24.0. The van der Waals surface area contributed by atoms with Crippen LogP contribution in [-0.2, 0) is 6.54 Å². The van der Waals surface area contributed by atoms with Crippen LogP contribution in [-0.4, -0.2) is 23.8 Å². The van der Waals surface area contributed by atoms with Crippen LogP contribution in [0.2, 0.25) is 0 Å². The second-order valence-corrected chi connectivity index (χ2v) is 6.63. The van der Waals surface area contributed by atoms with E-state index in [1.807, 2.05) is 33.8 Å². The highest BCUT2D eigenvalue weighted by Gasteiger charge is 2.30. The number of hydrogen-bond acceptors (Lipinski definition) is 3. The number of aliphatic hydroxyl groups excluding tert-OH is 1. The molecule has 6 heteroatoms. The second kappa shape index (κ2) is 7.93. The number of carbonyl (C=O) groups is 1. The maximum absolute atomic E-state index is 13.7. The maximum atomic E-state index is 13.7. The Morgan fingerprint density at radius 1 is 1.39 bits per heavy atom. The summed E-state index contributed by atoms with van der Waals surface area (Å²) in [5.41, 5.74) is 0.0753. The molecule has 0 spiro atoms. The minimum Gasteiger partial charge on any atom is -0.392 e. The van der Waals surface area contributed by atoms with Crippen LogP contribution in [0.1, 0.15) is 38.8 Å². The van der Waals surface area contributed by atoms with Crippen LogP contribution in [0.4, 0.5) is 9.18 Å². The highest BCUT2D eigenvalue weighted by molar-refractivity contribution is 5.73. The van der Waals surface area contributed by atoms with E-state index in [1.165, 1.54) is 12.1 Å². The Morgan fingerprint density at radius 2 is 2.04 bits per heavy atom. The first-order valence-electron chi connectivity index (χ1n) is 7.55. The van der Waals surface area contributed by atoms with E-state index in [9.17, 15) is 14.3 Å². The minimum atomic E-state index is -0.543. The van der Waals surface area contributed by atoms with Crippen LogP contribution < -0.4 is 10.6 Å². The Bertz CT molecular complexity index is 594. The van der Waals surface area contributed by atoms with Crippen molar-refractivity contribution in [3.05, 3.63) is 35.1 Å². The quantitative estimate of drug-likeness (QED) is 0.752. The van der Waals surface area contributed by atoms with Gasteiger partial charge in [0.25, 0.3) is 0 Å². The maximum Gasteiger partial charge on any atom is 0.315 e. The van der Waals surface area contributed by atoms with Crippen molar-refractivity contribution >= 4 is 6.03 Å². The first-order valence-corrected chi connectivity index (χ1v) is 7.55. The predicted octanol–water partition coefficient (Wildman–Crippen LogP) is 2.54. The van der Waals surface area contributed by atoms with Crippen molar-refractivity contribution in [3.8, 4) is 6.07 Å². The average molecular weight is 321 g/mol.